The molecule has 0 radical (unpaired) electrons. The first-order valence-electron chi connectivity index (χ1n) is 6.76. The molecule has 1 aliphatic carbocycles. The maximum Gasteiger partial charge on any atom is 0.0340 e. The fraction of sp³-hybridized carbons (Fsp3) is 0.600. The van der Waals surface area contributed by atoms with Gasteiger partial charge < -0.3 is 10.2 Å². The van der Waals surface area contributed by atoms with Crippen molar-refractivity contribution in [3.63, 3.8) is 0 Å². The smallest absolute Gasteiger partial charge is 0.0340 e. The Morgan fingerprint density at radius 3 is 2.65 bits per heavy atom. The molecule has 1 saturated carbocycles. The highest BCUT2D eigenvalue weighted by atomic mass is 15.1. The molecule has 2 nitrogen and oxygen atoms in total. The van der Waals surface area contributed by atoms with Gasteiger partial charge in [-0.2, -0.15) is 0 Å². The number of benzene rings is 1. The quantitative estimate of drug-likeness (QED) is 0.726. The Morgan fingerprint density at radius 2 is 2.00 bits per heavy atom. The molecule has 1 aromatic rings. The third-order valence-electron chi connectivity index (χ3n) is 3.79. The van der Waals surface area contributed by atoms with Gasteiger partial charge in [-0.3, -0.25) is 0 Å². The van der Waals surface area contributed by atoms with Gasteiger partial charge in [0.1, 0.15) is 0 Å². The molecule has 17 heavy (non-hydrogen) atoms. The van der Waals surface area contributed by atoms with E-state index >= 15 is 0 Å². The summed E-state index contributed by atoms with van der Waals surface area (Å²) in [6.07, 6.45) is 4.09. The van der Waals surface area contributed by atoms with Crippen LogP contribution < -0.4 is 5.32 Å². The summed E-state index contributed by atoms with van der Waals surface area (Å²) in [6, 6.07) is 11.2. The van der Waals surface area contributed by atoms with E-state index in [2.05, 4.69) is 54.5 Å². The third kappa shape index (κ3) is 4.04. The highest BCUT2D eigenvalue weighted by Gasteiger charge is 2.29. The molecule has 2 heteroatoms. The van der Waals surface area contributed by atoms with Gasteiger partial charge in [0.25, 0.3) is 0 Å². The molecule has 0 bridgehead atoms. The van der Waals surface area contributed by atoms with Crippen molar-refractivity contribution in [1.82, 2.24) is 4.90 Å². The Hall–Kier alpha value is -1.02. The van der Waals surface area contributed by atoms with E-state index < -0.39 is 0 Å². The lowest BCUT2D eigenvalue weighted by molar-refractivity contribution is 0.234. The Morgan fingerprint density at radius 1 is 1.29 bits per heavy atom. The molecule has 0 spiro atoms. The maximum absolute atomic E-state index is 3.46. The summed E-state index contributed by atoms with van der Waals surface area (Å²) < 4.78 is 0. The summed E-state index contributed by atoms with van der Waals surface area (Å²) >= 11 is 0. The Kier molecular flexibility index (Phi) is 4.43. The highest BCUT2D eigenvalue weighted by Crippen LogP contribution is 2.34. The fourth-order valence-corrected chi connectivity index (χ4v) is 2.26. The molecular weight excluding hydrogens is 208 g/mol. The summed E-state index contributed by atoms with van der Waals surface area (Å²) in [7, 11) is 2.26. The zero-order valence-corrected chi connectivity index (χ0v) is 11.0. The van der Waals surface area contributed by atoms with Crippen LogP contribution in [0.5, 0.6) is 0 Å². The van der Waals surface area contributed by atoms with Crippen molar-refractivity contribution in [3.05, 3.63) is 30.3 Å². The lowest BCUT2D eigenvalue weighted by Gasteiger charge is -2.24. The number of hydrogen-bond acceptors (Lipinski definition) is 2. The van der Waals surface area contributed by atoms with Crippen molar-refractivity contribution in [1.29, 1.82) is 0 Å². The SMILES string of the molecule is CC(C1CC1)N(C)CCCNc1ccccc1. The van der Waals surface area contributed by atoms with E-state index in [1.165, 1.54) is 31.5 Å². The van der Waals surface area contributed by atoms with Crippen molar-refractivity contribution >= 4 is 5.69 Å². The Bertz CT molecular complexity index is 319. The normalized spacial score (nSPS) is 17.1. The van der Waals surface area contributed by atoms with E-state index in [9.17, 15) is 0 Å². The number of anilines is 1. The number of nitrogens with one attached hydrogen (secondary N) is 1. The lowest BCUT2D eigenvalue weighted by atomic mass is 10.2. The topological polar surface area (TPSA) is 15.3 Å². The van der Waals surface area contributed by atoms with Crippen LogP contribution in [-0.4, -0.2) is 31.1 Å². The van der Waals surface area contributed by atoms with Gasteiger partial charge in [0.15, 0.2) is 0 Å². The molecule has 1 aromatic carbocycles. The van der Waals surface area contributed by atoms with Crippen LogP contribution in [0.3, 0.4) is 0 Å². The second-order valence-electron chi connectivity index (χ2n) is 5.20. The zero-order chi connectivity index (χ0) is 12.1. The van der Waals surface area contributed by atoms with E-state index in [0.29, 0.717) is 0 Å². The molecule has 0 aromatic heterocycles. The third-order valence-corrected chi connectivity index (χ3v) is 3.79. The number of rotatable bonds is 7. The molecule has 0 saturated heterocycles. The van der Waals surface area contributed by atoms with Crippen molar-refractivity contribution in [3.8, 4) is 0 Å². The van der Waals surface area contributed by atoms with Crippen LogP contribution in [0.15, 0.2) is 30.3 Å². The predicted molar refractivity (Wildman–Crippen MR) is 74.4 cm³/mol. The molecule has 0 amide bonds. The largest absolute Gasteiger partial charge is 0.385 e. The van der Waals surface area contributed by atoms with E-state index in [4.69, 9.17) is 0 Å². The summed E-state index contributed by atoms with van der Waals surface area (Å²) in [5.41, 5.74) is 1.23. The van der Waals surface area contributed by atoms with E-state index in [-0.39, 0.29) is 0 Å². The van der Waals surface area contributed by atoms with Gasteiger partial charge in [-0.25, -0.2) is 0 Å². The van der Waals surface area contributed by atoms with Gasteiger partial charge in [0.05, 0.1) is 0 Å². The maximum atomic E-state index is 3.46. The first-order valence-corrected chi connectivity index (χ1v) is 6.76. The highest BCUT2D eigenvalue weighted by molar-refractivity contribution is 5.42. The summed E-state index contributed by atoms with van der Waals surface area (Å²) in [6.45, 7) is 4.62. The van der Waals surface area contributed by atoms with Gasteiger partial charge in [-0.05, 0) is 57.8 Å². The summed E-state index contributed by atoms with van der Waals surface area (Å²) in [4.78, 5) is 2.50. The molecule has 0 heterocycles. The van der Waals surface area contributed by atoms with Crippen LogP contribution in [-0.2, 0) is 0 Å². The molecule has 0 aliphatic heterocycles. The molecule has 94 valence electrons. The van der Waals surface area contributed by atoms with Crippen molar-refractivity contribution in [2.75, 3.05) is 25.5 Å². The molecule has 1 atom stereocenters. The second kappa shape index (κ2) is 6.06. The molecule has 1 unspecified atom stereocenters. The van der Waals surface area contributed by atoms with Crippen molar-refractivity contribution < 1.29 is 0 Å². The fourth-order valence-electron chi connectivity index (χ4n) is 2.26. The monoisotopic (exact) mass is 232 g/mol. The minimum absolute atomic E-state index is 0.770. The average molecular weight is 232 g/mol. The summed E-state index contributed by atoms with van der Waals surface area (Å²) in [5, 5.41) is 3.46. The average Bonchev–Trinajstić information content (AvgIpc) is 3.19. The van der Waals surface area contributed by atoms with Crippen LogP contribution in [0.2, 0.25) is 0 Å². The number of hydrogen-bond donors (Lipinski definition) is 1. The van der Waals surface area contributed by atoms with Crippen molar-refractivity contribution in [2.45, 2.75) is 32.2 Å². The van der Waals surface area contributed by atoms with Gasteiger partial charge in [0, 0.05) is 18.3 Å². The van der Waals surface area contributed by atoms with Gasteiger partial charge in [-0.1, -0.05) is 18.2 Å². The summed E-state index contributed by atoms with van der Waals surface area (Å²) in [5.74, 6) is 0.974. The molecule has 1 aliphatic rings. The van der Waals surface area contributed by atoms with Gasteiger partial charge in [-0.15, -0.1) is 0 Å². The van der Waals surface area contributed by atoms with Crippen LogP contribution in [0.1, 0.15) is 26.2 Å². The number of para-hydroxylation sites is 1. The lowest BCUT2D eigenvalue weighted by Crippen LogP contribution is -2.32. The zero-order valence-electron chi connectivity index (χ0n) is 11.0. The Balaban J connectivity index is 1.59. The van der Waals surface area contributed by atoms with Gasteiger partial charge >= 0.3 is 0 Å². The molecule has 2 rings (SSSR count). The minimum Gasteiger partial charge on any atom is -0.385 e. The Labute approximate surface area is 105 Å². The van der Waals surface area contributed by atoms with Crippen LogP contribution in [0.4, 0.5) is 5.69 Å². The molecular formula is C15H24N2. The molecule has 1 fully saturated rings. The van der Waals surface area contributed by atoms with Crippen LogP contribution >= 0.6 is 0 Å². The van der Waals surface area contributed by atoms with Gasteiger partial charge in [0.2, 0.25) is 0 Å². The predicted octanol–water partition coefficient (Wildman–Crippen LogP) is 3.22. The second-order valence-corrected chi connectivity index (χ2v) is 5.20. The van der Waals surface area contributed by atoms with Crippen LogP contribution in [0, 0.1) is 5.92 Å². The van der Waals surface area contributed by atoms with E-state index in [1.807, 2.05) is 0 Å². The standard InChI is InChI=1S/C15H24N2/c1-13(14-9-10-14)17(2)12-6-11-16-15-7-4-3-5-8-15/h3-5,7-8,13-14,16H,6,9-12H2,1-2H3. The van der Waals surface area contributed by atoms with Crippen molar-refractivity contribution in [2.24, 2.45) is 5.92 Å². The van der Waals surface area contributed by atoms with E-state index in [1.54, 1.807) is 0 Å². The first kappa shape index (κ1) is 12.4. The minimum atomic E-state index is 0.770. The number of nitrogens with zero attached hydrogens (tertiary/aromatic N) is 1. The first-order chi connectivity index (χ1) is 8.27. The molecule has 1 N–H and O–H groups in total. The van der Waals surface area contributed by atoms with E-state index in [0.717, 1.165) is 18.5 Å². The van der Waals surface area contributed by atoms with Crippen LogP contribution in [0.25, 0.3) is 0 Å².